The molecule has 46 heavy (non-hydrogen) atoms. The van der Waals surface area contributed by atoms with Crippen LogP contribution >= 0.6 is 0 Å². The molecule has 7 heteroatoms. The topological polar surface area (TPSA) is 89.8 Å². The second-order valence-electron chi connectivity index (χ2n) is 12.0. The van der Waals surface area contributed by atoms with Crippen LogP contribution in [-0.2, 0) is 32.3 Å². The fraction of sp³-hybridized carbons (Fsp3) is 0.282. The van der Waals surface area contributed by atoms with Crippen molar-refractivity contribution < 1.29 is 19.5 Å². The van der Waals surface area contributed by atoms with E-state index < -0.39 is 17.6 Å². The van der Waals surface area contributed by atoms with Gasteiger partial charge in [-0.25, -0.2) is 4.79 Å². The zero-order valence-electron chi connectivity index (χ0n) is 26.6. The summed E-state index contributed by atoms with van der Waals surface area (Å²) in [6, 6.07) is 28.1. The van der Waals surface area contributed by atoms with Crippen LogP contribution in [0.4, 0.5) is 0 Å². The van der Waals surface area contributed by atoms with E-state index in [9.17, 15) is 14.7 Å². The van der Waals surface area contributed by atoms with Gasteiger partial charge >= 0.3 is 5.97 Å². The highest BCUT2D eigenvalue weighted by atomic mass is 16.7. The van der Waals surface area contributed by atoms with Crippen molar-refractivity contribution in [1.82, 2.24) is 10.0 Å². The Morgan fingerprint density at radius 2 is 1.59 bits per heavy atom. The van der Waals surface area contributed by atoms with Gasteiger partial charge in [0.1, 0.15) is 17.9 Å². The molecule has 1 aliphatic rings. The molecule has 0 fully saturated rings. The van der Waals surface area contributed by atoms with Crippen LogP contribution in [0.25, 0.3) is 10.9 Å². The van der Waals surface area contributed by atoms with E-state index in [0.29, 0.717) is 28.8 Å². The van der Waals surface area contributed by atoms with E-state index in [4.69, 9.17) is 9.57 Å². The van der Waals surface area contributed by atoms with Crippen LogP contribution in [0.5, 0.6) is 5.75 Å². The Hall–Kier alpha value is -4.72. The van der Waals surface area contributed by atoms with E-state index in [2.05, 4.69) is 31.3 Å². The van der Waals surface area contributed by atoms with Crippen LogP contribution < -0.4 is 20.5 Å². The van der Waals surface area contributed by atoms with Crippen molar-refractivity contribution in [3.63, 3.8) is 0 Å². The first-order chi connectivity index (χ1) is 22.3. The van der Waals surface area contributed by atoms with Crippen molar-refractivity contribution in [2.24, 2.45) is 0 Å². The normalized spacial score (nSPS) is 13.5. The minimum atomic E-state index is -0.884. The van der Waals surface area contributed by atoms with Crippen molar-refractivity contribution in [2.45, 2.75) is 65.2 Å². The highest BCUT2D eigenvalue weighted by molar-refractivity contribution is 5.92. The van der Waals surface area contributed by atoms with Crippen LogP contribution in [0.1, 0.15) is 69.3 Å². The Bertz CT molecular complexity index is 1880. The quantitative estimate of drug-likeness (QED) is 0.187. The molecule has 2 N–H and O–H groups in total. The summed E-state index contributed by atoms with van der Waals surface area (Å²) >= 11 is 0. The van der Waals surface area contributed by atoms with Gasteiger partial charge in [-0.2, -0.15) is 0 Å². The Morgan fingerprint density at radius 3 is 2.24 bits per heavy atom. The number of hydrogen-bond donors (Lipinski definition) is 2. The van der Waals surface area contributed by atoms with Gasteiger partial charge in [0.25, 0.3) is 5.56 Å². The molecule has 0 spiro atoms. The van der Waals surface area contributed by atoms with Crippen molar-refractivity contribution in [2.75, 3.05) is 6.54 Å². The van der Waals surface area contributed by atoms with Crippen LogP contribution in [0.3, 0.4) is 0 Å². The van der Waals surface area contributed by atoms with Crippen LogP contribution in [-0.4, -0.2) is 28.4 Å². The van der Waals surface area contributed by atoms with E-state index in [1.54, 1.807) is 24.3 Å². The number of benzene rings is 4. The second kappa shape index (κ2) is 13.7. The van der Waals surface area contributed by atoms with E-state index in [1.807, 2.05) is 55.5 Å². The maximum absolute atomic E-state index is 13.2. The maximum atomic E-state index is 13.2. The number of nitrogens with one attached hydrogen (secondary N) is 1. The molecule has 0 saturated carbocycles. The van der Waals surface area contributed by atoms with E-state index >= 15 is 0 Å². The highest BCUT2D eigenvalue weighted by Gasteiger charge is 2.25. The lowest BCUT2D eigenvalue weighted by Crippen LogP contribution is -2.33. The van der Waals surface area contributed by atoms with Crippen molar-refractivity contribution in [1.29, 1.82) is 0 Å². The first kappa shape index (κ1) is 31.3. The Labute approximate surface area is 269 Å². The summed E-state index contributed by atoms with van der Waals surface area (Å²) in [5.74, 6) is -0.309. The Balaban J connectivity index is 1.29. The van der Waals surface area contributed by atoms with E-state index in [-0.39, 0.29) is 18.2 Å². The largest absolute Gasteiger partial charge is 0.487 e. The number of carbonyl (C=O) groups is 1. The Morgan fingerprint density at radius 1 is 0.913 bits per heavy atom. The number of aliphatic hydroxyl groups is 1. The third-order valence-electron chi connectivity index (χ3n) is 8.88. The molecule has 0 bridgehead atoms. The summed E-state index contributed by atoms with van der Waals surface area (Å²) in [7, 11) is 0. The summed E-state index contributed by atoms with van der Waals surface area (Å²) in [6.07, 6.45) is 3.00. The summed E-state index contributed by atoms with van der Waals surface area (Å²) in [5, 5.41) is 15.6. The van der Waals surface area contributed by atoms with Crippen molar-refractivity contribution in [3.8, 4) is 5.75 Å². The molecule has 5 aromatic rings. The van der Waals surface area contributed by atoms with Crippen LogP contribution in [0.15, 0.2) is 95.8 Å². The fourth-order valence-corrected chi connectivity index (χ4v) is 6.34. The molecular formula is C39H40N2O5. The summed E-state index contributed by atoms with van der Waals surface area (Å²) in [6.45, 7) is 6.90. The standard InChI is InChI=1S/C39H40N2O5/c1-4-27-19-30-21-32(22-31(30)20-28(27)5-2)40-23-35(42)33-15-17-36(45-24-26-9-7-6-8-10-26)38-34(33)16-18-37(43)41(38)46-39(44)29-13-11-25(3)12-14-29/h6-20,32,35,40,42H,4-5,21-24H2,1-3H3/t35-/m0/s1. The van der Waals surface area contributed by atoms with Gasteiger partial charge in [0.2, 0.25) is 0 Å². The molecule has 1 atom stereocenters. The number of ether oxygens (including phenoxy) is 1. The smallest absolute Gasteiger partial charge is 0.363 e. The van der Waals surface area contributed by atoms with Gasteiger partial charge in [-0.1, -0.05) is 80.1 Å². The molecule has 7 nitrogen and oxygen atoms in total. The third-order valence-corrected chi connectivity index (χ3v) is 8.88. The van der Waals surface area contributed by atoms with Gasteiger partial charge in [0.15, 0.2) is 0 Å². The maximum Gasteiger partial charge on any atom is 0.363 e. The van der Waals surface area contributed by atoms with E-state index in [0.717, 1.165) is 41.5 Å². The van der Waals surface area contributed by atoms with Gasteiger partial charge in [-0.15, -0.1) is 4.73 Å². The van der Waals surface area contributed by atoms with Gasteiger partial charge in [-0.05, 0) is 90.3 Å². The first-order valence-electron chi connectivity index (χ1n) is 16.0. The Kier molecular flexibility index (Phi) is 9.33. The minimum Gasteiger partial charge on any atom is -0.487 e. The van der Waals surface area contributed by atoms with Crippen LogP contribution in [0.2, 0.25) is 0 Å². The summed E-state index contributed by atoms with van der Waals surface area (Å²) < 4.78 is 7.18. The number of aryl methyl sites for hydroxylation is 3. The molecule has 1 aliphatic carbocycles. The molecule has 0 amide bonds. The zero-order valence-corrected chi connectivity index (χ0v) is 26.6. The second-order valence-corrected chi connectivity index (χ2v) is 12.0. The monoisotopic (exact) mass is 616 g/mol. The average molecular weight is 617 g/mol. The lowest BCUT2D eigenvalue weighted by molar-refractivity contribution is 0.0463. The fourth-order valence-electron chi connectivity index (χ4n) is 6.34. The van der Waals surface area contributed by atoms with Gasteiger partial charge < -0.3 is 20.0 Å². The lowest BCUT2D eigenvalue weighted by atomic mass is 9.97. The number of pyridine rings is 1. The van der Waals surface area contributed by atoms with Gasteiger partial charge in [0.05, 0.1) is 11.7 Å². The summed E-state index contributed by atoms with van der Waals surface area (Å²) in [4.78, 5) is 32.1. The molecule has 0 unspecified atom stereocenters. The number of aromatic nitrogens is 1. The SMILES string of the molecule is CCc1cc2c(cc1CC)CC(NC[C@H](O)c1ccc(OCc3ccccc3)c3c1ccc(=O)n3OC(=O)c1ccc(C)cc1)C2. The molecule has 1 heterocycles. The number of hydrogen-bond acceptors (Lipinski definition) is 6. The predicted octanol–water partition coefficient (Wildman–Crippen LogP) is 6.07. The first-order valence-corrected chi connectivity index (χ1v) is 16.0. The molecule has 4 aromatic carbocycles. The predicted molar refractivity (Wildman–Crippen MR) is 180 cm³/mol. The molecular weight excluding hydrogens is 576 g/mol. The van der Waals surface area contributed by atoms with E-state index in [1.165, 1.54) is 28.3 Å². The summed E-state index contributed by atoms with van der Waals surface area (Å²) in [5.41, 5.74) is 8.21. The lowest BCUT2D eigenvalue weighted by Gasteiger charge is -2.20. The molecule has 0 radical (unpaired) electrons. The number of aliphatic hydroxyl groups excluding tert-OH is 1. The average Bonchev–Trinajstić information content (AvgIpc) is 3.49. The number of fused-ring (bicyclic) bond motifs is 2. The molecule has 236 valence electrons. The number of rotatable bonds is 11. The molecule has 6 rings (SSSR count). The van der Waals surface area contributed by atoms with Gasteiger partial charge in [0, 0.05) is 24.0 Å². The van der Waals surface area contributed by atoms with Gasteiger partial charge in [-0.3, -0.25) is 4.79 Å². The molecule has 1 aromatic heterocycles. The minimum absolute atomic E-state index is 0.217. The molecule has 0 saturated heterocycles. The highest BCUT2D eigenvalue weighted by Crippen LogP contribution is 2.32. The van der Waals surface area contributed by atoms with Crippen LogP contribution in [0, 0.1) is 6.92 Å². The van der Waals surface area contributed by atoms with Crippen molar-refractivity contribution in [3.05, 3.63) is 146 Å². The number of carbonyl (C=O) groups excluding carboxylic acids is 1. The number of nitrogens with zero attached hydrogens (tertiary/aromatic N) is 1. The molecule has 0 aliphatic heterocycles. The van der Waals surface area contributed by atoms with Crippen molar-refractivity contribution >= 4 is 16.9 Å². The third kappa shape index (κ3) is 6.62. The zero-order chi connectivity index (χ0) is 32.2.